The highest BCUT2D eigenvalue weighted by atomic mass is 15.3. The second kappa shape index (κ2) is 6.00. The zero-order valence-corrected chi connectivity index (χ0v) is 11.1. The smallest absolute Gasteiger partial charge is 0.0950 e. The van der Waals surface area contributed by atoms with Crippen LogP contribution in [0.4, 0.5) is 0 Å². The van der Waals surface area contributed by atoms with E-state index < -0.39 is 0 Å². The molecular weight excluding hydrogens is 212 g/mol. The van der Waals surface area contributed by atoms with Crippen molar-refractivity contribution in [1.82, 2.24) is 9.80 Å². The molecule has 1 unspecified atom stereocenters. The minimum atomic E-state index is -0.225. The van der Waals surface area contributed by atoms with Crippen molar-refractivity contribution >= 4 is 0 Å². The van der Waals surface area contributed by atoms with Crippen LogP contribution in [0, 0.1) is 28.1 Å². The molecule has 1 aliphatic rings. The van der Waals surface area contributed by atoms with E-state index in [2.05, 4.69) is 21.9 Å². The Hall–Kier alpha value is -1.10. The first-order chi connectivity index (χ1) is 7.98. The number of piperazine rings is 1. The third-order valence-corrected chi connectivity index (χ3v) is 3.50. The Morgan fingerprint density at radius 1 is 1.18 bits per heavy atom. The van der Waals surface area contributed by atoms with Gasteiger partial charge in [-0.1, -0.05) is 0 Å². The van der Waals surface area contributed by atoms with Gasteiger partial charge in [-0.05, 0) is 33.7 Å². The Kier molecular flexibility index (Phi) is 4.93. The van der Waals surface area contributed by atoms with Crippen molar-refractivity contribution in [3.8, 4) is 12.1 Å². The minimum absolute atomic E-state index is 0.0210. The average Bonchev–Trinajstić information content (AvgIpc) is 2.36. The molecule has 0 saturated carbocycles. The van der Waals surface area contributed by atoms with Gasteiger partial charge < -0.3 is 4.90 Å². The monoisotopic (exact) mass is 234 g/mol. The normalized spacial score (nSPS) is 20.5. The molecule has 0 radical (unpaired) electrons. The maximum Gasteiger partial charge on any atom is 0.0950 e. The van der Waals surface area contributed by atoms with Gasteiger partial charge in [0.15, 0.2) is 0 Å². The van der Waals surface area contributed by atoms with Crippen LogP contribution in [0.2, 0.25) is 0 Å². The average molecular weight is 234 g/mol. The van der Waals surface area contributed by atoms with Crippen LogP contribution in [0.25, 0.3) is 0 Å². The highest BCUT2D eigenvalue weighted by molar-refractivity contribution is 4.93. The predicted octanol–water partition coefficient (Wildman–Crippen LogP) is 1.46. The van der Waals surface area contributed by atoms with E-state index in [1.165, 1.54) is 0 Å². The van der Waals surface area contributed by atoms with Gasteiger partial charge in [-0.3, -0.25) is 4.90 Å². The third-order valence-electron chi connectivity index (χ3n) is 3.50. The van der Waals surface area contributed by atoms with Gasteiger partial charge in [0, 0.05) is 26.2 Å². The largest absolute Gasteiger partial charge is 0.301 e. The van der Waals surface area contributed by atoms with Gasteiger partial charge >= 0.3 is 0 Å². The van der Waals surface area contributed by atoms with Gasteiger partial charge in [0.05, 0.1) is 23.6 Å². The van der Waals surface area contributed by atoms with E-state index >= 15 is 0 Å². The summed E-state index contributed by atoms with van der Waals surface area (Å²) in [5.41, 5.74) is -0.225. The molecule has 17 heavy (non-hydrogen) atoms. The van der Waals surface area contributed by atoms with E-state index in [9.17, 15) is 0 Å². The second-order valence-electron chi connectivity index (χ2n) is 5.43. The Labute approximate surface area is 104 Å². The molecule has 0 aromatic rings. The molecule has 4 heteroatoms. The van der Waals surface area contributed by atoms with Crippen molar-refractivity contribution in [3.05, 3.63) is 0 Å². The van der Waals surface area contributed by atoms with Crippen molar-refractivity contribution in [3.63, 3.8) is 0 Å². The standard InChI is InChI=1S/C13H22N4/c1-12(10-14)17-8-6-16(7-9-17)5-4-13(2,3)11-15/h12H,4-9H2,1-3H3. The van der Waals surface area contributed by atoms with Crippen molar-refractivity contribution in [1.29, 1.82) is 10.5 Å². The fourth-order valence-electron chi connectivity index (χ4n) is 1.95. The van der Waals surface area contributed by atoms with E-state index in [4.69, 9.17) is 10.5 Å². The number of hydrogen-bond acceptors (Lipinski definition) is 4. The number of nitrogens with zero attached hydrogens (tertiary/aromatic N) is 4. The minimum Gasteiger partial charge on any atom is -0.301 e. The Balaban J connectivity index is 2.29. The van der Waals surface area contributed by atoms with Gasteiger partial charge in [-0.25, -0.2) is 0 Å². The van der Waals surface area contributed by atoms with Crippen LogP contribution in [-0.4, -0.2) is 48.6 Å². The van der Waals surface area contributed by atoms with E-state index in [0.717, 1.165) is 39.1 Å². The lowest BCUT2D eigenvalue weighted by Gasteiger charge is -2.36. The molecule has 1 rings (SSSR count). The predicted molar refractivity (Wildman–Crippen MR) is 67.1 cm³/mol. The molecule has 1 heterocycles. The van der Waals surface area contributed by atoms with Crippen molar-refractivity contribution in [2.75, 3.05) is 32.7 Å². The van der Waals surface area contributed by atoms with Crippen LogP contribution >= 0.6 is 0 Å². The van der Waals surface area contributed by atoms with Gasteiger partial charge in [0.1, 0.15) is 0 Å². The lowest BCUT2D eigenvalue weighted by atomic mass is 9.91. The summed E-state index contributed by atoms with van der Waals surface area (Å²) in [6.07, 6.45) is 0.914. The first kappa shape index (κ1) is 14.0. The molecule has 0 bridgehead atoms. The fraction of sp³-hybridized carbons (Fsp3) is 0.846. The molecule has 0 aromatic carbocycles. The quantitative estimate of drug-likeness (QED) is 0.739. The fourth-order valence-corrected chi connectivity index (χ4v) is 1.95. The zero-order valence-electron chi connectivity index (χ0n) is 11.1. The summed E-state index contributed by atoms with van der Waals surface area (Å²) in [4.78, 5) is 4.60. The summed E-state index contributed by atoms with van der Waals surface area (Å²) >= 11 is 0. The van der Waals surface area contributed by atoms with E-state index in [1.54, 1.807) is 0 Å². The van der Waals surface area contributed by atoms with E-state index in [1.807, 2.05) is 20.8 Å². The summed E-state index contributed by atoms with van der Waals surface area (Å²) in [6.45, 7) is 10.8. The molecule has 1 aliphatic heterocycles. The molecule has 1 saturated heterocycles. The van der Waals surface area contributed by atoms with Crippen LogP contribution in [0.1, 0.15) is 27.2 Å². The molecule has 4 nitrogen and oxygen atoms in total. The van der Waals surface area contributed by atoms with Crippen LogP contribution in [0.15, 0.2) is 0 Å². The summed E-state index contributed by atoms with van der Waals surface area (Å²) in [7, 11) is 0. The first-order valence-corrected chi connectivity index (χ1v) is 6.26. The SMILES string of the molecule is CC(C#N)N1CCN(CCC(C)(C)C#N)CC1. The first-order valence-electron chi connectivity index (χ1n) is 6.26. The Bertz CT molecular complexity index is 315. The lowest BCUT2D eigenvalue weighted by Crippen LogP contribution is -2.49. The van der Waals surface area contributed by atoms with Crippen molar-refractivity contribution < 1.29 is 0 Å². The van der Waals surface area contributed by atoms with E-state index in [-0.39, 0.29) is 11.5 Å². The molecule has 0 amide bonds. The van der Waals surface area contributed by atoms with Gasteiger partial charge in [0.25, 0.3) is 0 Å². The van der Waals surface area contributed by atoms with Crippen LogP contribution in [0.3, 0.4) is 0 Å². The maximum atomic E-state index is 8.96. The van der Waals surface area contributed by atoms with Gasteiger partial charge in [0.2, 0.25) is 0 Å². The van der Waals surface area contributed by atoms with Crippen LogP contribution < -0.4 is 0 Å². The molecule has 0 aliphatic carbocycles. The molecule has 0 spiro atoms. The molecule has 0 N–H and O–H groups in total. The van der Waals surface area contributed by atoms with Crippen LogP contribution in [0.5, 0.6) is 0 Å². The second-order valence-corrected chi connectivity index (χ2v) is 5.43. The number of nitriles is 2. The molecule has 94 valence electrons. The molecule has 1 atom stereocenters. The highest BCUT2D eigenvalue weighted by Crippen LogP contribution is 2.19. The topological polar surface area (TPSA) is 54.1 Å². The summed E-state index contributed by atoms with van der Waals surface area (Å²) < 4.78 is 0. The third kappa shape index (κ3) is 4.34. The number of hydrogen-bond donors (Lipinski definition) is 0. The lowest BCUT2D eigenvalue weighted by molar-refractivity contribution is 0.112. The highest BCUT2D eigenvalue weighted by Gasteiger charge is 2.23. The number of rotatable bonds is 4. The Morgan fingerprint density at radius 2 is 1.76 bits per heavy atom. The molecular formula is C13H22N4. The summed E-state index contributed by atoms with van der Waals surface area (Å²) in [5, 5.41) is 17.8. The molecule has 1 fully saturated rings. The van der Waals surface area contributed by atoms with Crippen molar-refractivity contribution in [2.45, 2.75) is 33.2 Å². The van der Waals surface area contributed by atoms with Gasteiger partial charge in [-0.15, -0.1) is 0 Å². The van der Waals surface area contributed by atoms with Gasteiger partial charge in [-0.2, -0.15) is 10.5 Å². The molecule has 0 aromatic heterocycles. The van der Waals surface area contributed by atoms with Crippen molar-refractivity contribution in [2.24, 2.45) is 5.41 Å². The van der Waals surface area contributed by atoms with E-state index in [0.29, 0.717) is 0 Å². The van der Waals surface area contributed by atoms with Crippen LogP contribution in [-0.2, 0) is 0 Å². The summed E-state index contributed by atoms with van der Waals surface area (Å²) in [6, 6.07) is 4.64. The zero-order chi connectivity index (χ0) is 12.9. The summed E-state index contributed by atoms with van der Waals surface area (Å²) in [5.74, 6) is 0. The maximum absolute atomic E-state index is 8.96. The Morgan fingerprint density at radius 3 is 2.24 bits per heavy atom.